The summed E-state index contributed by atoms with van der Waals surface area (Å²) in [7, 11) is 0. The van der Waals surface area contributed by atoms with Gasteiger partial charge < -0.3 is 10.0 Å². The number of allylic oxidation sites excluding steroid dienone is 1. The van der Waals surface area contributed by atoms with Crippen molar-refractivity contribution < 1.29 is 5.11 Å². The average molecular weight is 475 g/mol. The number of hydrogen-bond donors (Lipinski definition) is 1. The lowest BCUT2D eigenvalue weighted by molar-refractivity contribution is 0.302. The number of benzene rings is 3. The molecule has 0 fully saturated rings. The Morgan fingerprint density at radius 3 is 2.06 bits per heavy atom. The zero-order chi connectivity index (χ0) is 22.1. The summed E-state index contributed by atoms with van der Waals surface area (Å²) in [4.78, 5) is 2.09. The zero-order valence-electron chi connectivity index (χ0n) is 17.2. The molecule has 0 aliphatic rings. The molecule has 0 spiro atoms. The van der Waals surface area contributed by atoms with Crippen molar-refractivity contribution in [3.8, 4) is 6.07 Å². The van der Waals surface area contributed by atoms with E-state index >= 15 is 0 Å². The van der Waals surface area contributed by atoms with Gasteiger partial charge in [-0.15, -0.1) is 0 Å². The fourth-order valence-corrected chi connectivity index (χ4v) is 3.31. The number of halogens is 1. The van der Waals surface area contributed by atoms with Crippen LogP contribution in [0.15, 0.2) is 87.5 Å². The lowest BCUT2D eigenvalue weighted by atomic mass is 10.0. The Morgan fingerprint density at radius 1 is 0.968 bits per heavy atom. The van der Waals surface area contributed by atoms with E-state index in [1.807, 2.05) is 78.9 Å². The molecule has 0 unspecified atom stereocenters. The van der Waals surface area contributed by atoms with E-state index in [-0.39, 0.29) is 6.61 Å². The van der Waals surface area contributed by atoms with E-state index in [4.69, 9.17) is 5.11 Å². The van der Waals surface area contributed by atoms with Gasteiger partial charge in [0.05, 0.1) is 29.6 Å². The highest BCUT2D eigenvalue weighted by molar-refractivity contribution is 9.10. The molecule has 0 heterocycles. The first-order chi connectivity index (χ1) is 15.1. The van der Waals surface area contributed by atoms with Crippen LogP contribution in [0.4, 0.5) is 17.1 Å². The third kappa shape index (κ3) is 6.35. The van der Waals surface area contributed by atoms with Crippen LogP contribution in [0.5, 0.6) is 0 Å². The SMILES string of the molecule is CCN(CCO)c1ccc(N=Nc2ccc(/C=C(\C#N)c3ccc(Br)cc3)cc2)cc1. The summed E-state index contributed by atoms with van der Waals surface area (Å²) in [5, 5.41) is 27.2. The van der Waals surface area contributed by atoms with Crippen molar-refractivity contribution in [2.75, 3.05) is 24.6 Å². The van der Waals surface area contributed by atoms with Crippen LogP contribution in [0.25, 0.3) is 11.6 Å². The van der Waals surface area contributed by atoms with Gasteiger partial charge in [0.15, 0.2) is 0 Å². The summed E-state index contributed by atoms with van der Waals surface area (Å²) in [5.74, 6) is 0. The maximum absolute atomic E-state index is 9.50. The Balaban J connectivity index is 1.69. The molecule has 6 heteroatoms. The van der Waals surface area contributed by atoms with Gasteiger partial charge in [-0.05, 0) is 72.7 Å². The largest absolute Gasteiger partial charge is 0.395 e. The number of azo groups is 1. The van der Waals surface area contributed by atoms with Gasteiger partial charge in [-0.1, -0.05) is 40.2 Å². The smallest absolute Gasteiger partial charge is 0.0998 e. The van der Waals surface area contributed by atoms with E-state index in [0.717, 1.165) is 39.2 Å². The second kappa shape index (κ2) is 11.2. The quantitative estimate of drug-likeness (QED) is 0.223. The molecule has 0 amide bonds. The number of nitrogens with zero attached hydrogens (tertiary/aromatic N) is 4. The first-order valence-corrected chi connectivity index (χ1v) is 10.8. The third-order valence-corrected chi connectivity index (χ3v) is 5.26. The topological polar surface area (TPSA) is 72.0 Å². The van der Waals surface area contributed by atoms with Crippen LogP contribution in [0.2, 0.25) is 0 Å². The van der Waals surface area contributed by atoms with Gasteiger partial charge in [0.25, 0.3) is 0 Å². The highest BCUT2D eigenvalue weighted by Gasteiger charge is 2.03. The summed E-state index contributed by atoms with van der Waals surface area (Å²) in [5.41, 5.74) is 4.94. The van der Waals surface area contributed by atoms with Crippen LogP contribution in [0.1, 0.15) is 18.1 Å². The first-order valence-electron chi connectivity index (χ1n) is 9.98. The minimum atomic E-state index is 0.124. The average Bonchev–Trinajstić information content (AvgIpc) is 2.81. The molecule has 0 aliphatic carbocycles. The molecule has 0 aliphatic heterocycles. The van der Waals surface area contributed by atoms with E-state index < -0.39 is 0 Å². The van der Waals surface area contributed by atoms with E-state index in [2.05, 4.69) is 44.1 Å². The third-order valence-electron chi connectivity index (χ3n) is 4.73. The molecule has 3 aromatic carbocycles. The maximum atomic E-state index is 9.50. The van der Waals surface area contributed by atoms with E-state index in [1.165, 1.54) is 0 Å². The molecule has 0 bridgehead atoms. The van der Waals surface area contributed by atoms with Crippen molar-refractivity contribution in [2.24, 2.45) is 10.2 Å². The summed E-state index contributed by atoms with van der Waals surface area (Å²) in [6.07, 6.45) is 1.86. The van der Waals surface area contributed by atoms with Crippen molar-refractivity contribution in [3.63, 3.8) is 0 Å². The van der Waals surface area contributed by atoms with Gasteiger partial charge in [-0.3, -0.25) is 0 Å². The van der Waals surface area contributed by atoms with Crippen molar-refractivity contribution in [1.29, 1.82) is 5.26 Å². The van der Waals surface area contributed by atoms with E-state index in [1.54, 1.807) is 0 Å². The molecule has 0 saturated heterocycles. The van der Waals surface area contributed by atoms with Gasteiger partial charge in [-0.25, -0.2) is 0 Å². The van der Waals surface area contributed by atoms with E-state index in [0.29, 0.717) is 12.1 Å². The predicted octanol–water partition coefficient (Wildman–Crippen LogP) is 6.75. The molecule has 1 N–H and O–H groups in total. The number of aliphatic hydroxyl groups excluding tert-OH is 1. The van der Waals surface area contributed by atoms with Crippen LogP contribution in [-0.4, -0.2) is 24.8 Å². The minimum Gasteiger partial charge on any atom is -0.395 e. The highest BCUT2D eigenvalue weighted by Crippen LogP contribution is 2.24. The normalized spacial score (nSPS) is 11.5. The van der Waals surface area contributed by atoms with Crippen molar-refractivity contribution >= 4 is 44.6 Å². The standard InChI is InChI=1S/C25H23BrN4O/c1-2-30(15-16-31)25-13-11-24(12-14-25)29-28-23-9-3-19(4-10-23)17-21(18-27)20-5-7-22(26)8-6-20/h3-14,17,31H,2,15-16H2,1H3/b21-17+,29-28?. The number of hydrogen-bond acceptors (Lipinski definition) is 5. The fraction of sp³-hybridized carbons (Fsp3) is 0.160. The van der Waals surface area contributed by atoms with Crippen LogP contribution >= 0.6 is 15.9 Å². The number of rotatable bonds is 8. The molecule has 0 aromatic heterocycles. The molecule has 3 rings (SSSR count). The molecular formula is C25H23BrN4O. The van der Waals surface area contributed by atoms with Crippen molar-refractivity contribution in [2.45, 2.75) is 6.92 Å². The van der Waals surface area contributed by atoms with Crippen LogP contribution in [0, 0.1) is 11.3 Å². The van der Waals surface area contributed by atoms with Crippen LogP contribution < -0.4 is 4.90 Å². The Labute approximate surface area is 191 Å². The summed E-state index contributed by atoms with van der Waals surface area (Å²) >= 11 is 3.41. The van der Waals surface area contributed by atoms with Gasteiger partial charge in [-0.2, -0.15) is 15.5 Å². The van der Waals surface area contributed by atoms with Crippen LogP contribution in [0.3, 0.4) is 0 Å². The van der Waals surface area contributed by atoms with Crippen molar-refractivity contribution in [3.05, 3.63) is 88.4 Å². The van der Waals surface area contributed by atoms with Crippen molar-refractivity contribution in [1.82, 2.24) is 0 Å². The molecule has 0 radical (unpaired) electrons. The zero-order valence-corrected chi connectivity index (χ0v) is 18.8. The molecule has 31 heavy (non-hydrogen) atoms. The number of nitriles is 1. The molecule has 5 nitrogen and oxygen atoms in total. The van der Waals surface area contributed by atoms with Gasteiger partial charge in [0.1, 0.15) is 0 Å². The Kier molecular flexibility index (Phi) is 8.11. The lowest BCUT2D eigenvalue weighted by Crippen LogP contribution is -2.25. The summed E-state index contributed by atoms with van der Waals surface area (Å²) in [6.45, 7) is 3.62. The monoisotopic (exact) mass is 474 g/mol. The molecular weight excluding hydrogens is 452 g/mol. The first kappa shape index (κ1) is 22.4. The van der Waals surface area contributed by atoms with Gasteiger partial charge in [0.2, 0.25) is 0 Å². The fourth-order valence-electron chi connectivity index (χ4n) is 3.05. The lowest BCUT2D eigenvalue weighted by Gasteiger charge is -2.21. The Bertz CT molecular complexity index is 1080. The number of aliphatic hydroxyl groups is 1. The van der Waals surface area contributed by atoms with Crippen LogP contribution in [-0.2, 0) is 0 Å². The maximum Gasteiger partial charge on any atom is 0.0998 e. The molecule has 0 saturated carbocycles. The summed E-state index contributed by atoms with van der Waals surface area (Å²) < 4.78 is 0.978. The van der Waals surface area contributed by atoms with Gasteiger partial charge >= 0.3 is 0 Å². The molecule has 156 valence electrons. The minimum absolute atomic E-state index is 0.124. The second-order valence-corrected chi connectivity index (χ2v) is 7.70. The number of anilines is 1. The second-order valence-electron chi connectivity index (χ2n) is 6.79. The summed E-state index contributed by atoms with van der Waals surface area (Å²) in [6, 6.07) is 25.3. The van der Waals surface area contributed by atoms with Gasteiger partial charge in [0, 0.05) is 23.2 Å². The molecule has 3 aromatic rings. The Hall–Kier alpha value is -3.27. The highest BCUT2D eigenvalue weighted by atomic mass is 79.9. The predicted molar refractivity (Wildman–Crippen MR) is 130 cm³/mol. The Morgan fingerprint density at radius 2 is 1.55 bits per heavy atom. The number of likely N-dealkylation sites (N-methyl/N-ethyl adjacent to an activating group) is 1. The molecule has 0 atom stereocenters. The van der Waals surface area contributed by atoms with E-state index in [9.17, 15) is 5.26 Å².